The molecule has 0 saturated heterocycles. The molecule has 0 atom stereocenters. The van der Waals surface area contributed by atoms with E-state index in [2.05, 4.69) is 46.4 Å². The zero-order chi connectivity index (χ0) is 14.8. The molecule has 0 fully saturated rings. The lowest BCUT2D eigenvalue weighted by atomic mass is 10.2. The summed E-state index contributed by atoms with van der Waals surface area (Å²) >= 11 is 0. The predicted octanol–water partition coefficient (Wildman–Crippen LogP) is 2.74. The Morgan fingerprint density at radius 2 is 1.85 bits per heavy atom. The number of guanidine groups is 1. The molecule has 0 aliphatic rings. The highest BCUT2D eigenvalue weighted by Crippen LogP contribution is 2.12. The number of nitrogens with one attached hydrogen (secondary N) is 1. The summed E-state index contributed by atoms with van der Waals surface area (Å²) < 4.78 is 0. The van der Waals surface area contributed by atoms with E-state index >= 15 is 0 Å². The van der Waals surface area contributed by atoms with Gasteiger partial charge in [-0.15, -0.1) is 0 Å². The van der Waals surface area contributed by atoms with Crippen LogP contribution in [-0.4, -0.2) is 26.6 Å². The number of rotatable bonds is 8. The molecule has 0 heterocycles. The Labute approximate surface area is 123 Å². The fourth-order valence-electron chi connectivity index (χ4n) is 1.90. The smallest absolute Gasteiger partial charge is 0.188 e. The third-order valence-electron chi connectivity index (χ3n) is 3.22. The first-order chi connectivity index (χ1) is 9.63. The number of anilines is 1. The molecule has 3 N–H and O–H groups in total. The van der Waals surface area contributed by atoms with Crippen LogP contribution in [0.2, 0.25) is 0 Å². The molecule has 0 saturated carbocycles. The van der Waals surface area contributed by atoms with Crippen molar-refractivity contribution in [2.45, 2.75) is 39.2 Å². The van der Waals surface area contributed by atoms with Crippen molar-refractivity contribution in [3.8, 4) is 0 Å². The zero-order valence-electron chi connectivity index (χ0n) is 13.0. The Balaban J connectivity index is 2.31. The molecule has 112 valence electrons. The Morgan fingerprint density at radius 1 is 1.15 bits per heavy atom. The van der Waals surface area contributed by atoms with Crippen LogP contribution in [0.25, 0.3) is 0 Å². The van der Waals surface area contributed by atoms with Crippen molar-refractivity contribution in [3.63, 3.8) is 0 Å². The standard InChI is InChI=1S/C16H28N4/c1-4-5-6-7-12-18-16(17)19-13-14-8-10-15(11-9-14)20(2)3/h8-11H,4-7,12-13H2,1-3H3,(H3,17,18,19). The average molecular weight is 276 g/mol. The molecule has 1 aromatic carbocycles. The van der Waals surface area contributed by atoms with E-state index in [9.17, 15) is 0 Å². The summed E-state index contributed by atoms with van der Waals surface area (Å²) in [4.78, 5) is 6.44. The SMILES string of the molecule is CCCCCCNC(N)=NCc1ccc(N(C)C)cc1. The fraction of sp³-hybridized carbons (Fsp3) is 0.562. The number of hydrogen-bond donors (Lipinski definition) is 2. The highest BCUT2D eigenvalue weighted by molar-refractivity contribution is 5.77. The highest BCUT2D eigenvalue weighted by atomic mass is 15.1. The summed E-state index contributed by atoms with van der Waals surface area (Å²) in [5, 5.41) is 3.16. The molecule has 1 rings (SSSR count). The third-order valence-corrected chi connectivity index (χ3v) is 3.22. The van der Waals surface area contributed by atoms with Gasteiger partial charge < -0.3 is 16.0 Å². The van der Waals surface area contributed by atoms with Gasteiger partial charge in [-0.25, -0.2) is 4.99 Å². The van der Waals surface area contributed by atoms with Gasteiger partial charge in [0.25, 0.3) is 0 Å². The summed E-state index contributed by atoms with van der Waals surface area (Å²) in [5.74, 6) is 0.540. The normalized spacial score (nSPS) is 11.4. The van der Waals surface area contributed by atoms with Crippen LogP contribution in [0.4, 0.5) is 5.69 Å². The summed E-state index contributed by atoms with van der Waals surface area (Å²) in [6.07, 6.45) is 4.95. The molecule has 0 aliphatic carbocycles. The molecular weight excluding hydrogens is 248 g/mol. The molecule has 20 heavy (non-hydrogen) atoms. The summed E-state index contributed by atoms with van der Waals surface area (Å²) in [7, 11) is 4.07. The minimum Gasteiger partial charge on any atom is -0.378 e. The number of nitrogens with two attached hydrogens (primary N) is 1. The Kier molecular flexibility index (Phi) is 7.55. The van der Waals surface area contributed by atoms with Gasteiger partial charge in [0.1, 0.15) is 0 Å². The first-order valence-corrected chi connectivity index (χ1v) is 7.43. The van der Waals surface area contributed by atoms with Gasteiger partial charge in [-0.1, -0.05) is 38.3 Å². The molecule has 1 aromatic rings. The fourth-order valence-corrected chi connectivity index (χ4v) is 1.90. The first-order valence-electron chi connectivity index (χ1n) is 7.43. The summed E-state index contributed by atoms with van der Waals surface area (Å²) in [6, 6.07) is 8.37. The molecule has 0 radical (unpaired) electrons. The number of aliphatic imine (C=N–C) groups is 1. The molecule has 0 aliphatic heterocycles. The molecule has 0 amide bonds. The number of unbranched alkanes of at least 4 members (excludes halogenated alkanes) is 3. The quantitative estimate of drug-likeness (QED) is 0.436. The topological polar surface area (TPSA) is 53.6 Å². The second-order valence-electron chi connectivity index (χ2n) is 5.25. The lowest BCUT2D eigenvalue weighted by molar-refractivity contribution is 0.652. The van der Waals surface area contributed by atoms with E-state index in [-0.39, 0.29) is 0 Å². The van der Waals surface area contributed by atoms with E-state index in [0.29, 0.717) is 12.5 Å². The van der Waals surface area contributed by atoms with Crippen LogP contribution in [0.3, 0.4) is 0 Å². The largest absolute Gasteiger partial charge is 0.378 e. The molecular formula is C16H28N4. The van der Waals surface area contributed by atoms with Gasteiger partial charge in [0.05, 0.1) is 6.54 Å². The van der Waals surface area contributed by atoms with Crippen LogP contribution < -0.4 is 16.0 Å². The molecule has 4 nitrogen and oxygen atoms in total. The number of benzene rings is 1. The van der Waals surface area contributed by atoms with Gasteiger partial charge in [0.2, 0.25) is 0 Å². The first kappa shape index (κ1) is 16.3. The van der Waals surface area contributed by atoms with Crippen molar-refractivity contribution in [1.82, 2.24) is 5.32 Å². The van der Waals surface area contributed by atoms with E-state index in [4.69, 9.17) is 5.73 Å². The van der Waals surface area contributed by atoms with Gasteiger partial charge >= 0.3 is 0 Å². The molecule has 0 aromatic heterocycles. The minimum absolute atomic E-state index is 0.540. The zero-order valence-corrected chi connectivity index (χ0v) is 13.0. The van der Waals surface area contributed by atoms with Crippen molar-refractivity contribution in [1.29, 1.82) is 0 Å². The summed E-state index contributed by atoms with van der Waals surface area (Å²) in [6.45, 7) is 3.75. The third kappa shape index (κ3) is 6.45. The van der Waals surface area contributed by atoms with Crippen LogP contribution in [0, 0.1) is 0 Å². The molecule has 0 bridgehead atoms. The van der Waals surface area contributed by atoms with Crippen LogP contribution in [-0.2, 0) is 6.54 Å². The second kappa shape index (κ2) is 9.23. The van der Waals surface area contributed by atoms with Crippen molar-refractivity contribution in [2.75, 3.05) is 25.5 Å². The lowest BCUT2D eigenvalue weighted by Crippen LogP contribution is -2.32. The maximum absolute atomic E-state index is 5.85. The average Bonchev–Trinajstić information content (AvgIpc) is 2.45. The maximum Gasteiger partial charge on any atom is 0.188 e. The summed E-state index contributed by atoms with van der Waals surface area (Å²) in [5.41, 5.74) is 8.21. The monoisotopic (exact) mass is 276 g/mol. The van der Waals surface area contributed by atoms with Crippen LogP contribution in [0.1, 0.15) is 38.2 Å². The predicted molar refractivity (Wildman–Crippen MR) is 88.2 cm³/mol. The maximum atomic E-state index is 5.85. The number of nitrogens with zero attached hydrogens (tertiary/aromatic N) is 2. The van der Waals surface area contributed by atoms with Crippen molar-refractivity contribution >= 4 is 11.6 Å². The Morgan fingerprint density at radius 3 is 2.45 bits per heavy atom. The van der Waals surface area contributed by atoms with E-state index < -0.39 is 0 Å². The van der Waals surface area contributed by atoms with E-state index in [1.807, 2.05) is 14.1 Å². The van der Waals surface area contributed by atoms with Gasteiger partial charge in [0.15, 0.2) is 5.96 Å². The Hall–Kier alpha value is -1.71. The molecule has 0 unspecified atom stereocenters. The minimum atomic E-state index is 0.540. The van der Waals surface area contributed by atoms with Crippen LogP contribution in [0.5, 0.6) is 0 Å². The Bertz CT molecular complexity index is 395. The van der Waals surface area contributed by atoms with Crippen LogP contribution >= 0.6 is 0 Å². The van der Waals surface area contributed by atoms with Crippen molar-refractivity contribution < 1.29 is 0 Å². The van der Waals surface area contributed by atoms with Gasteiger partial charge in [-0.05, 0) is 24.1 Å². The van der Waals surface area contributed by atoms with E-state index in [0.717, 1.165) is 13.0 Å². The van der Waals surface area contributed by atoms with E-state index in [1.54, 1.807) is 0 Å². The second-order valence-corrected chi connectivity index (χ2v) is 5.25. The van der Waals surface area contributed by atoms with Gasteiger partial charge in [-0.2, -0.15) is 0 Å². The van der Waals surface area contributed by atoms with Crippen molar-refractivity contribution in [3.05, 3.63) is 29.8 Å². The molecule has 4 heteroatoms. The van der Waals surface area contributed by atoms with Crippen LogP contribution in [0.15, 0.2) is 29.3 Å². The van der Waals surface area contributed by atoms with Gasteiger partial charge in [-0.3, -0.25) is 0 Å². The number of hydrogen-bond acceptors (Lipinski definition) is 2. The lowest BCUT2D eigenvalue weighted by Gasteiger charge is -2.12. The van der Waals surface area contributed by atoms with E-state index in [1.165, 1.54) is 30.5 Å². The van der Waals surface area contributed by atoms with Gasteiger partial charge in [0, 0.05) is 26.3 Å². The molecule has 0 spiro atoms. The highest BCUT2D eigenvalue weighted by Gasteiger charge is 1.96. The van der Waals surface area contributed by atoms with Crippen molar-refractivity contribution in [2.24, 2.45) is 10.7 Å².